The summed E-state index contributed by atoms with van der Waals surface area (Å²) >= 11 is 1.37. The van der Waals surface area contributed by atoms with E-state index in [0.29, 0.717) is 17.2 Å². The predicted octanol–water partition coefficient (Wildman–Crippen LogP) is 3.79. The number of nitrogens with two attached hydrogens (primary N) is 1. The van der Waals surface area contributed by atoms with Crippen molar-refractivity contribution in [3.8, 4) is 11.1 Å². The Kier molecular flexibility index (Phi) is 3.90. The number of thiophene rings is 1. The molecule has 0 bridgehead atoms. The van der Waals surface area contributed by atoms with Gasteiger partial charge in [-0.25, -0.2) is 4.79 Å². The van der Waals surface area contributed by atoms with E-state index in [2.05, 4.69) is 13.0 Å². The van der Waals surface area contributed by atoms with Crippen LogP contribution in [0.1, 0.15) is 28.4 Å². The number of esters is 1. The van der Waals surface area contributed by atoms with Crippen molar-refractivity contribution in [1.29, 1.82) is 0 Å². The van der Waals surface area contributed by atoms with Gasteiger partial charge in [0.1, 0.15) is 0 Å². The predicted molar refractivity (Wildman–Crippen MR) is 79.6 cm³/mol. The third kappa shape index (κ3) is 2.63. The van der Waals surface area contributed by atoms with Crippen molar-refractivity contribution >= 4 is 22.3 Å². The van der Waals surface area contributed by atoms with Gasteiger partial charge in [-0.2, -0.15) is 0 Å². The Morgan fingerprint density at radius 3 is 2.68 bits per heavy atom. The molecule has 100 valence electrons. The van der Waals surface area contributed by atoms with Crippen molar-refractivity contribution in [2.24, 2.45) is 0 Å². The molecule has 1 aromatic heterocycles. The van der Waals surface area contributed by atoms with Crippen molar-refractivity contribution in [2.45, 2.75) is 20.8 Å². The van der Waals surface area contributed by atoms with E-state index in [0.717, 1.165) is 11.1 Å². The van der Waals surface area contributed by atoms with Crippen LogP contribution < -0.4 is 5.73 Å². The van der Waals surface area contributed by atoms with Crippen LogP contribution in [0.25, 0.3) is 11.1 Å². The molecule has 3 nitrogen and oxygen atoms in total. The highest BCUT2D eigenvalue weighted by Crippen LogP contribution is 2.36. The number of ether oxygens (including phenoxy) is 1. The zero-order valence-corrected chi connectivity index (χ0v) is 12.1. The summed E-state index contributed by atoms with van der Waals surface area (Å²) in [5, 5.41) is 2.41. The first-order valence-corrected chi connectivity index (χ1v) is 7.04. The first kappa shape index (κ1) is 13.6. The fraction of sp³-hybridized carbons (Fsp3) is 0.267. The van der Waals surface area contributed by atoms with Crippen molar-refractivity contribution in [3.05, 3.63) is 40.3 Å². The Balaban J connectivity index is 2.52. The van der Waals surface area contributed by atoms with Crippen LogP contribution in [0, 0.1) is 13.8 Å². The molecule has 19 heavy (non-hydrogen) atoms. The smallest absolute Gasteiger partial charge is 0.339 e. The molecule has 1 heterocycles. The average Bonchev–Trinajstić information content (AvgIpc) is 2.75. The molecule has 1 aromatic carbocycles. The van der Waals surface area contributed by atoms with Gasteiger partial charge in [-0.1, -0.05) is 18.2 Å². The summed E-state index contributed by atoms with van der Waals surface area (Å²) in [7, 11) is 0. The summed E-state index contributed by atoms with van der Waals surface area (Å²) in [4.78, 5) is 11.9. The molecular weight excluding hydrogens is 258 g/mol. The molecule has 0 aliphatic rings. The topological polar surface area (TPSA) is 52.3 Å². The van der Waals surface area contributed by atoms with E-state index >= 15 is 0 Å². The van der Waals surface area contributed by atoms with Crippen LogP contribution in [-0.2, 0) is 4.74 Å². The maximum Gasteiger partial charge on any atom is 0.339 e. The van der Waals surface area contributed by atoms with Crippen molar-refractivity contribution in [3.63, 3.8) is 0 Å². The second kappa shape index (κ2) is 5.45. The molecule has 0 amide bonds. The van der Waals surface area contributed by atoms with Crippen LogP contribution >= 0.6 is 11.3 Å². The molecule has 0 saturated carbocycles. The highest BCUT2D eigenvalue weighted by molar-refractivity contribution is 7.15. The lowest BCUT2D eigenvalue weighted by Gasteiger charge is -2.08. The Morgan fingerprint density at radius 2 is 2.05 bits per heavy atom. The molecule has 0 radical (unpaired) electrons. The van der Waals surface area contributed by atoms with Gasteiger partial charge in [-0.3, -0.25) is 0 Å². The molecule has 0 saturated heterocycles. The van der Waals surface area contributed by atoms with E-state index in [1.807, 2.05) is 19.1 Å². The number of carbonyl (C=O) groups excluding carboxylic acids is 1. The number of rotatable bonds is 3. The summed E-state index contributed by atoms with van der Waals surface area (Å²) in [6.07, 6.45) is 0. The van der Waals surface area contributed by atoms with Crippen LogP contribution in [0.15, 0.2) is 23.6 Å². The average molecular weight is 275 g/mol. The van der Waals surface area contributed by atoms with Gasteiger partial charge in [-0.05, 0) is 37.5 Å². The fourth-order valence-corrected chi connectivity index (χ4v) is 2.73. The monoisotopic (exact) mass is 275 g/mol. The van der Waals surface area contributed by atoms with E-state index in [1.165, 1.54) is 22.5 Å². The molecule has 0 aliphatic heterocycles. The second-order valence-corrected chi connectivity index (χ2v) is 5.32. The Morgan fingerprint density at radius 1 is 1.32 bits per heavy atom. The van der Waals surface area contributed by atoms with E-state index in [4.69, 9.17) is 10.5 Å². The van der Waals surface area contributed by atoms with Gasteiger partial charge in [0, 0.05) is 10.9 Å². The Hall–Kier alpha value is -1.81. The summed E-state index contributed by atoms with van der Waals surface area (Å²) in [6, 6.07) is 6.08. The summed E-state index contributed by atoms with van der Waals surface area (Å²) in [5.74, 6) is -0.316. The van der Waals surface area contributed by atoms with Crippen LogP contribution in [0.4, 0.5) is 5.00 Å². The Bertz CT molecular complexity index is 617. The fourth-order valence-electron chi connectivity index (χ4n) is 1.93. The van der Waals surface area contributed by atoms with Gasteiger partial charge in [0.2, 0.25) is 0 Å². The number of benzene rings is 1. The minimum Gasteiger partial charge on any atom is -0.462 e. The van der Waals surface area contributed by atoms with E-state index < -0.39 is 0 Å². The highest BCUT2D eigenvalue weighted by Gasteiger charge is 2.19. The number of aryl methyl sites for hydroxylation is 2. The third-order valence-electron chi connectivity index (χ3n) is 3.11. The van der Waals surface area contributed by atoms with Crippen LogP contribution in [0.2, 0.25) is 0 Å². The minimum absolute atomic E-state index is 0.316. The lowest BCUT2D eigenvalue weighted by Crippen LogP contribution is -2.05. The van der Waals surface area contributed by atoms with Gasteiger partial charge < -0.3 is 10.5 Å². The first-order chi connectivity index (χ1) is 9.04. The molecule has 2 rings (SSSR count). The van der Waals surface area contributed by atoms with Crippen LogP contribution in [0.3, 0.4) is 0 Å². The first-order valence-electron chi connectivity index (χ1n) is 6.16. The van der Waals surface area contributed by atoms with E-state index in [-0.39, 0.29) is 5.97 Å². The third-order valence-corrected chi connectivity index (χ3v) is 3.92. The Labute approximate surface area is 117 Å². The second-order valence-electron chi connectivity index (χ2n) is 4.41. The van der Waals surface area contributed by atoms with Gasteiger partial charge in [0.15, 0.2) is 0 Å². The molecular formula is C15H17NO2S. The van der Waals surface area contributed by atoms with Crippen LogP contribution in [-0.4, -0.2) is 12.6 Å². The molecule has 0 fully saturated rings. The molecule has 2 N–H and O–H groups in total. The molecule has 2 aromatic rings. The van der Waals surface area contributed by atoms with Gasteiger partial charge in [-0.15, -0.1) is 11.3 Å². The molecule has 4 heteroatoms. The number of carbonyl (C=O) groups is 1. The summed E-state index contributed by atoms with van der Waals surface area (Å²) in [6.45, 7) is 6.26. The van der Waals surface area contributed by atoms with Gasteiger partial charge in [0.05, 0.1) is 17.2 Å². The lowest BCUT2D eigenvalue weighted by molar-refractivity contribution is 0.0528. The lowest BCUT2D eigenvalue weighted by atomic mass is 9.99. The highest BCUT2D eigenvalue weighted by atomic mass is 32.1. The zero-order valence-electron chi connectivity index (χ0n) is 11.3. The maximum atomic E-state index is 11.9. The van der Waals surface area contributed by atoms with Crippen molar-refractivity contribution in [1.82, 2.24) is 0 Å². The number of hydrogen-bond donors (Lipinski definition) is 1. The molecule has 0 spiro atoms. The molecule has 0 atom stereocenters. The van der Waals surface area contributed by atoms with E-state index in [9.17, 15) is 4.79 Å². The van der Waals surface area contributed by atoms with Crippen LogP contribution in [0.5, 0.6) is 0 Å². The number of nitrogen functional groups attached to an aromatic ring is 1. The summed E-state index contributed by atoms with van der Waals surface area (Å²) in [5.41, 5.74) is 10.7. The normalized spacial score (nSPS) is 10.5. The maximum absolute atomic E-state index is 11.9. The molecule has 0 aliphatic carbocycles. The number of hydrogen-bond acceptors (Lipinski definition) is 4. The number of anilines is 1. The van der Waals surface area contributed by atoms with E-state index in [1.54, 1.807) is 12.3 Å². The standard InChI is InChI=1S/C15H17NO2S/c1-4-18-15(17)12-8-19-14(16)13(12)11-6-5-9(2)10(3)7-11/h5-8H,4,16H2,1-3H3. The van der Waals surface area contributed by atoms with Gasteiger partial charge in [0.25, 0.3) is 0 Å². The largest absolute Gasteiger partial charge is 0.462 e. The minimum atomic E-state index is -0.316. The quantitative estimate of drug-likeness (QED) is 0.867. The van der Waals surface area contributed by atoms with Crippen molar-refractivity contribution in [2.75, 3.05) is 12.3 Å². The van der Waals surface area contributed by atoms with Crippen molar-refractivity contribution < 1.29 is 9.53 Å². The SMILES string of the molecule is CCOC(=O)c1csc(N)c1-c1ccc(C)c(C)c1. The van der Waals surface area contributed by atoms with Gasteiger partial charge >= 0.3 is 5.97 Å². The molecule has 0 unspecified atom stereocenters. The zero-order chi connectivity index (χ0) is 14.0. The summed E-state index contributed by atoms with van der Waals surface area (Å²) < 4.78 is 5.07.